The van der Waals surface area contributed by atoms with Crippen molar-refractivity contribution in [1.29, 1.82) is 0 Å². The first-order valence-corrected chi connectivity index (χ1v) is 7.58. The average Bonchev–Trinajstić information content (AvgIpc) is 2.48. The molecule has 1 heterocycles. The van der Waals surface area contributed by atoms with Crippen LogP contribution in [0.5, 0.6) is 0 Å². The summed E-state index contributed by atoms with van der Waals surface area (Å²) in [5.74, 6) is 0.123. The first-order chi connectivity index (χ1) is 9.70. The van der Waals surface area contributed by atoms with Crippen LogP contribution in [-0.2, 0) is 0 Å². The van der Waals surface area contributed by atoms with Gasteiger partial charge in [0.05, 0.1) is 0 Å². The first kappa shape index (κ1) is 14.9. The van der Waals surface area contributed by atoms with Gasteiger partial charge in [-0.2, -0.15) is 0 Å². The van der Waals surface area contributed by atoms with Gasteiger partial charge in [-0.1, -0.05) is 19.8 Å². The highest BCUT2D eigenvalue weighted by atomic mass is 16.2. The fourth-order valence-corrected chi connectivity index (χ4v) is 2.57. The van der Waals surface area contributed by atoms with Gasteiger partial charge in [0, 0.05) is 37.4 Å². The number of piperazine rings is 1. The van der Waals surface area contributed by atoms with E-state index < -0.39 is 0 Å². The van der Waals surface area contributed by atoms with E-state index in [1.165, 1.54) is 19.3 Å². The van der Waals surface area contributed by atoms with E-state index in [2.05, 4.69) is 11.8 Å². The van der Waals surface area contributed by atoms with Crippen molar-refractivity contribution < 1.29 is 4.79 Å². The summed E-state index contributed by atoms with van der Waals surface area (Å²) in [5, 5.41) is 0. The number of carbonyl (C=O) groups excluding carboxylic acids is 1. The van der Waals surface area contributed by atoms with E-state index in [1.54, 1.807) is 12.1 Å². The third-order valence-corrected chi connectivity index (χ3v) is 3.90. The number of nitrogens with two attached hydrogens (primary N) is 1. The van der Waals surface area contributed by atoms with Crippen molar-refractivity contribution in [1.82, 2.24) is 9.80 Å². The number of hydrogen-bond donors (Lipinski definition) is 1. The van der Waals surface area contributed by atoms with Crippen LogP contribution in [0.3, 0.4) is 0 Å². The SMILES string of the molecule is CCCCCN1CCN(C(=O)c2ccc(N)cc2)CC1. The minimum absolute atomic E-state index is 0.123. The number of benzene rings is 1. The van der Waals surface area contributed by atoms with Crippen LogP contribution < -0.4 is 5.73 Å². The van der Waals surface area contributed by atoms with Crippen LogP contribution in [0.15, 0.2) is 24.3 Å². The number of anilines is 1. The van der Waals surface area contributed by atoms with Gasteiger partial charge >= 0.3 is 0 Å². The van der Waals surface area contributed by atoms with E-state index in [1.807, 2.05) is 17.0 Å². The van der Waals surface area contributed by atoms with Crippen molar-refractivity contribution in [3.05, 3.63) is 29.8 Å². The van der Waals surface area contributed by atoms with E-state index in [-0.39, 0.29) is 5.91 Å². The zero-order chi connectivity index (χ0) is 14.4. The standard InChI is InChI=1S/C16H25N3O/c1-2-3-4-9-18-10-12-19(13-11-18)16(20)14-5-7-15(17)8-6-14/h5-8H,2-4,9-13,17H2,1H3. The Kier molecular flexibility index (Phi) is 5.41. The van der Waals surface area contributed by atoms with Crippen molar-refractivity contribution >= 4 is 11.6 Å². The summed E-state index contributed by atoms with van der Waals surface area (Å²) in [6.45, 7) is 7.03. The zero-order valence-electron chi connectivity index (χ0n) is 12.3. The van der Waals surface area contributed by atoms with Crippen molar-refractivity contribution in [2.75, 3.05) is 38.5 Å². The molecule has 0 radical (unpaired) electrons. The lowest BCUT2D eigenvalue weighted by Gasteiger charge is -2.34. The Morgan fingerprint density at radius 3 is 2.35 bits per heavy atom. The van der Waals surface area contributed by atoms with Gasteiger partial charge < -0.3 is 10.6 Å². The Bertz CT molecular complexity index is 422. The fraction of sp³-hybridized carbons (Fsp3) is 0.562. The van der Waals surface area contributed by atoms with Crippen molar-refractivity contribution in [2.24, 2.45) is 0 Å². The monoisotopic (exact) mass is 275 g/mol. The van der Waals surface area contributed by atoms with Crippen LogP contribution in [0.2, 0.25) is 0 Å². The lowest BCUT2D eigenvalue weighted by Crippen LogP contribution is -2.48. The van der Waals surface area contributed by atoms with E-state index in [9.17, 15) is 4.79 Å². The molecule has 1 aromatic rings. The Hall–Kier alpha value is -1.55. The van der Waals surface area contributed by atoms with Crippen LogP contribution >= 0.6 is 0 Å². The number of unbranched alkanes of at least 4 members (excludes halogenated alkanes) is 2. The summed E-state index contributed by atoms with van der Waals surface area (Å²) < 4.78 is 0. The minimum atomic E-state index is 0.123. The summed E-state index contributed by atoms with van der Waals surface area (Å²) >= 11 is 0. The molecule has 1 fully saturated rings. The molecular formula is C16H25N3O. The Morgan fingerprint density at radius 2 is 1.75 bits per heavy atom. The second-order valence-corrected chi connectivity index (χ2v) is 5.46. The van der Waals surface area contributed by atoms with E-state index in [4.69, 9.17) is 5.73 Å². The highest BCUT2D eigenvalue weighted by Gasteiger charge is 2.21. The molecule has 1 saturated heterocycles. The second kappa shape index (κ2) is 7.29. The molecule has 0 unspecified atom stereocenters. The predicted molar refractivity (Wildman–Crippen MR) is 82.7 cm³/mol. The number of nitrogen functional groups attached to an aromatic ring is 1. The molecule has 4 heteroatoms. The van der Waals surface area contributed by atoms with Gasteiger partial charge in [-0.15, -0.1) is 0 Å². The van der Waals surface area contributed by atoms with Crippen molar-refractivity contribution in [3.63, 3.8) is 0 Å². The van der Waals surface area contributed by atoms with Crippen LogP contribution in [0.25, 0.3) is 0 Å². The highest BCUT2D eigenvalue weighted by molar-refractivity contribution is 5.94. The smallest absolute Gasteiger partial charge is 0.253 e. The van der Waals surface area contributed by atoms with E-state index in [0.717, 1.165) is 38.3 Å². The normalized spacial score (nSPS) is 16.4. The van der Waals surface area contributed by atoms with Crippen LogP contribution in [-0.4, -0.2) is 48.4 Å². The average molecular weight is 275 g/mol. The van der Waals surface area contributed by atoms with Gasteiger partial charge in [-0.3, -0.25) is 9.69 Å². The van der Waals surface area contributed by atoms with E-state index in [0.29, 0.717) is 5.69 Å². The number of rotatable bonds is 5. The maximum Gasteiger partial charge on any atom is 0.253 e. The number of hydrogen-bond acceptors (Lipinski definition) is 3. The molecule has 1 aliphatic rings. The topological polar surface area (TPSA) is 49.6 Å². The molecule has 0 saturated carbocycles. The van der Waals surface area contributed by atoms with E-state index >= 15 is 0 Å². The number of carbonyl (C=O) groups is 1. The zero-order valence-corrected chi connectivity index (χ0v) is 12.3. The second-order valence-electron chi connectivity index (χ2n) is 5.46. The van der Waals surface area contributed by atoms with Crippen LogP contribution in [0, 0.1) is 0 Å². The molecular weight excluding hydrogens is 250 g/mol. The molecule has 1 aromatic carbocycles. The third kappa shape index (κ3) is 3.97. The molecule has 2 N–H and O–H groups in total. The molecule has 4 nitrogen and oxygen atoms in total. The Labute approximate surface area is 121 Å². The molecule has 110 valence electrons. The quantitative estimate of drug-likeness (QED) is 0.662. The van der Waals surface area contributed by atoms with Gasteiger partial charge in [0.15, 0.2) is 0 Å². The third-order valence-electron chi connectivity index (χ3n) is 3.90. The minimum Gasteiger partial charge on any atom is -0.399 e. The lowest BCUT2D eigenvalue weighted by molar-refractivity contribution is 0.0635. The maximum atomic E-state index is 12.3. The van der Waals surface area contributed by atoms with Crippen LogP contribution in [0.4, 0.5) is 5.69 Å². The summed E-state index contributed by atoms with van der Waals surface area (Å²) in [5.41, 5.74) is 7.08. The number of amides is 1. The Balaban J connectivity index is 1.81. The number of nitrogens with zero attached hydrogens (tertiary/aromatic N) is 2. The van der Waals surface area contributed by atoms with Crippen molar-refractivity contribution in [3.8, 4) is 0 Å². The lowest BCUT2D eigenvalue weighted by atomic mass is 10.1. The maximum absolute atomic E-state index is 12.3. The molecule has 1 amide bonds. The molecule has 0 spiro atoms. The largest absolute Gasteiger partial charge is 0.399 e. The fourth-order valence-electron chi connectivity index (χ4n) is 2.57. The molecule has 20 heavy (non-hydrogen) atoms. The molecule has 0 aliphatic carbocycles. The molecule has 0 atom stereocenters. The summed E-state index contributed by atoms with van der Waals surface area (Å²) in [6, 6.07) is 7.19. The Morgan fingerprint density at radius 1 is 1.10 bits per heavy atom. The van der Waals surface area contributed by atoms with Crippen LogP contribution in [0.1, 0.15) is 36.5 Å². The molecule has 2 rings (SSSR count). The van der Waals surface area contributed by atoms with Gasteiger partial charge in [-0.05, 0) is 37.2 Å². The van der Waals surface area contributed by atoms with Gasteiger partial charge in [0.25, 0.3) is 5.91 Å². The summed E-state index contributed by atoms with van der Waals surface area (Å²) in [6.07, 6.45) is 3.82. The van der Waals surface area contributed by atoms with Crippen molar-refractivity contribution in [2.45, 2.75) is 26.2 Å². The highest BCUT2D eigenvalue weighted by Crippen LogP contribution is 2.11. The molecule has 1 aliphatic heterocycles. The van der Waals surface area contributed by atoms with Gasteiger partial charge in [0.2, 0.25) is 0 Å². The summed E-state index contributed by atoms with van der Waals surface area (Å²) in [4.78, 5) is 16.8. The van der Waals surface area contributed by atoms with Gasteiger partial charge in [-0.25, -0.2) is 0 Å². The molecule has 0 aromatic heterocycles. The first-order valence-electron chi connectivity index (χ1n) is 7.58. The predicted octanol–water partition coefficient (Wildman–Crippen LogP) is 2.22. The molecule has 0 bridgehead atoms. The van der Waals surface area contributed by atoms with Gasteiger partial charge in [0.1, 0.15) is 0 Å². The summed E-state index contributed by atoms with van der Waals surface area (Å²) in [7, 11) is 0.